The first-order chi connectivity index (χ1) is 7.38. The lowest BCUT2D eigenvalue weighted by Gasteiger charge is -2.09. The van der Waals surface area contributed by atoms with Crippen LogP contribution < -0.4 is 0 Å². The SMILES string of the molecule is O=C=N[C@@H](Cc1ccccc1)CC1CC1. The molecule has 1 aromatic carbocycles. The van der Waals surface area contributed by atoms with Crippen molar-refractivity contribution < 1.29 is 4.79 Å². The summed E-state index contributed by atoms with van der Waals surface area (Å²) in [7, 11) is 0. The Bertz CT molecular complexity index is 350. The number of aliphatic imine (C=N–C) groups is 1. The van der Waals surface area contributed by atoms with Gasteiger partial charge in [-0.05, 0) is 24.3 Å². The van der Waals surface area contributed by atoms with E-state index in [1.165, 1.54) is 18.4 Å². The van der Waals surface area contributed by atoms with Crippen molar-refractivity contribution in [3.63, 3.8) is 0 Å². The van der Waals surface area contributed by atoms with Gasteiger partial charge in [-0.3, -0.25) is 0 Å². The number of carbonyl (C=O) groups excluding carboxylic acids is 1. The van der Waals surface area contributed by atoms with Gasteiger partial charge < -0.3 is 0 Å². The van der Waals surface area contributed by atoms with Crippen molar-refractivity contribution >= 4 is 6.08 Å². The van der Waals surface area contributed by atoms with Gasteiger partial charge in [0.15, 0.2) is 0 Å². The van der Waals surface area contributed by atoms with Crippen LogP contribution in [0.25, 0.3) is 0 Å². The third kappa shape index (κ3) is 3.34. The first-order valence-corrected chi connectivity index (χ1v) is 5.49. The first kappa shape index (κ1) is 10.1. The van der Waals surface area contributed by atoms with Crippen LogP contribution in [0.15, 0.2) is 35.3 Å². The minimum atomic E-state index is 0.136. The minimum absolute atomic E-state index is 0.136. The Morgan fingerprint density at radius 1 is 1.33 bits per heavy atom. The highest BCUT2D eigenvalue weighted by molar-refractivity contribution is 5.34. The zero-order chi connectivity index (χ0) is 10.5. The number of nitrogens with zero attached hydrogens (tertiary/aromatic N) is 1. The van der Waals surface area contributed by atoms with Crippen LogP contribution in [-0.4, -0.2) is 12.1 Å². The van der Waals surface area contributed by atoms with Gasteiger partial charge in [0.05, 0.1) is 6.04 Å². The molecule has 15 heavy (non-hydrogen) atoms. The van der Waals surface area contributed by atoms with Crippen LogP contribution in [0.2, 0.25) is 0 Å². The van der Waals surface area contributed by atoms with E-state index in [0.717, 1.165) is 18.8 Å². The Morgan fingerprint density at radius 2 is 2.07 bits per heavy atom. The van der Waals surface area contributed by atoms with Gasteiger partial charge in [0.1, 0.15) is 0 Å². The van der Waals surface area contributed by atoms with E-state index in [4.69, 9.17) is 0 Å². The third-order valence-electron chi connectivity index (χ3n) is 2.85. The third-order valence-corrected chi connectivity index (χ3v) is 2.85. The molecule has 2 heteroatoms. The predicted octanol–water partition coefficient (Wildman–Crippen LogP) is 2.73. The Kier molecular flexibility index (Phi) is 3.31. The Hall–Kier alpha value is -1.40. The highest BCUT2D eigenvalue weighted by atomic mass is 16.1. The summed E-state index contributed by atoms with van der Waals surface area (Å²) >= 11 is 0. The summed E-state index contributed by atoms with van der Waals surface area (Å²) in [6, 6.07) is 10.3. The first-order valence-electron chi connectivity index (χ1n) is 5.49. The van der Waals surface area contributed by atoms with Gasteiger partial charge in [-0.2, -0.15) is 0 Å². The minimum Gasteiger partial charge on any atom is -0.211 e. The van der Waals surface area contributed by atoms with Gasteiger partial charge >= 0.3 is 0 Å². The highest BCUT2D eigenvalue weighted by Gasteiger charge is 2.25. The van der Waals surface area contributed by atoms with E-state index >= 15 is 0 Å². The summed E-state index contributed by atoms with van der Waals surface area (Å²) < 4.78 is 0. The Labute approximate surface area is 90.0 Å². The van der Waals surface area contributed by atoms with Gasteiger partial charge in [-0.25, -0.2) is 9.79 Å². The second kappa shape index (κ2) is 4.90. The number of isocyanates is 1. The molecule has 1 saturated carbocycles. The molecule has 1 atom stereocenters. The summed E-state index contributed by atoms with van der Waals surface area (Å²) in [6.45, 7) is 0. The van der Waals surface area contributed by atoms with Gasteiger partial charge in [0.25, 0.3) is 0 Å². The Balaban J connectivity index is 1.96. The molecule has 0 amide bonds. The molecule has 1 aromatic rings. The topological polar surface area (TPSA) is 29.4 Å². The van der Waals surface area contributed by atoms with Crippen molar-refractivity contribution in [3.8, 4) is 0 Å². The summed E-state index contributed by atoms with van der Waals surface area (Å²) in [4.78, 5) is 14.2. The molecule has 2 nitrogen and oxygen atoms in total. The lowest BCUT2D eigenvalue weighted by molar-refractivity contribution is 0.536. The van der Waals surface area contributed by atoms with E-state index in [9.17, 15) is 4.79 Å². The normalized spacial score (nSPS) is 16.8. The number of benzene rings is 1. The van der Waals surface area contributed by atoms with Crippen LogP contribution in [0.3, 0.4) is 0 Å². The van der Waals surface area contributed by atoms with Crippen molar-refractivity contribution in [3.05, 3.63) is 35.9 Å². The molecule has 0 saturated heterocycles. The summed E-state index contributed by atoms with van der Waals surface area (Å²) in [5.74, 6) is 0.802. The summed E-state index contributed by atoms with van der Waals surface area (Å²) in [5, 5.41) is 0. The van der Waals surface area contributed by atoms with Crippen LogP contribution in [0.4, 0.5) is 0 Å². The van der Waals surface area contributed by atoms with Gasteiger partial charge in [-0.15, -0.1) is 0 Å². The molecule has 0 radical (unpaired) electrons. The van der Waals surface area contributed by atoms with Crippen molar-refractivity contribution in [2.75, 3.05) is 0 Å². The number of hydrogen-bond donors (Lipinski definition) is 0. The number of hydrogen-bond acceptors (Lipinski definition) is 2. The molecular weight excluding hydrogens is 186 g/mol. The van der Waals surface area contributed by atoms with E-state index in [-0.39, 0.29) is 6.04 Å². The zero-order valence-corrected chi connectivity index (χ0v) is 8.73. The smallest absolute Gasteiger partial charge is 0.211 e. The standard InChI is InChI=1S/C13H15NO/c15-10-14-13(9-12-6-7-12)8-11-4-2-1-3-5-11/h1-5,12-13H,6-9H2/t13-/m0/s1. The van der Waals surface area contributed by atoms with Crippen molar-refractivity contribution in [2.24, 2.45) is 10.9 Å². The average molecular weight is 201 g/mol. The number of rotatable bonds is 5. The Morgan fingerprint density at radius 3 is 2.67 bits per heavy atom. The molecule has 0 N–H and O–H groups in total. The maximum atomic E-state index is 10.3. The molecule has 0 heterocycles. The quantitative estimate of drug-likeness (QED) is 0.532. The van der Waals surface area contributed by atoms with Gasteiger partial charge in [-0.1, -0.05) is 43.2 Å². The van der Waals surface area contributed by atoms with E-state index in [1.54, 1.807) is 6.08 Å². The van der Waals surface area contributed by atoms with Crippen molar-refractivity contribution in [1.29, 1.82) is 0 Å². The fourth-order valence-electron chi connectivity index (χ4n) is 1.88. The highest BCUT2D eigenvalue weighted by Crippen LogP contribution is 2.34. The molecule has 1 fully saturated rings. The molecule has 78 valence electrons. The lowest BCUT2D eigenvalue weighted by atomic mass is 10.0. The molecule has 0 aromatic heterocycles. The lowest BCUT2D eigenvalue weighted by Crippen LogP contribution is -2.09. The van der Waals surface area contributed by atoms with E-state index < -0.39 is 0 Å². The van der Waals surface area contributed by atoms with E-state index in [1.807, 2.05) is 18.2 Å². The maximum Gasteiger partial charge on any atom is 0.235 e. The largest absolute Gasteiger partial charge is 0.235 e. The molecule has 0 aliphatic heterocycles. The molecule has 0 bridgehead atoms. The monoisotopic (exact) mass is 201 g/mol. The van der Waals surface area contributed by atoms with Crippen LogP contribution >= 0.6 is 0 Å². The second-order valence-corrected chi connectivity index (χ2v) is 4.24. The van der Waals surface area contributed by atoms with Gasteiger partial charge in [0.2, 0.25) is 6.08 Å². The van der Waals surface area contributed by atoms with Crippen LogP contribution in [-0.2, 0) is 11.2 Å². The van der Waals surface area contributed by atoms with Crippen molar-refractivity contribution in [1.82, 2.24) is 0 Å². The fourth-order valence-corrected chi connectivity index (χ4v) is 1.88. The molecule has 0 spiro atoms. The van der Waals surface area contributed by atoms with Crippen LogP contribution in [0.5, 0.6) is 0 Å². The maximum absolute atomic E-state index is 10.3. The van der Waals surface area contributed by atoms with E-state index in [2.05, 4.69) is 17.1 Å². The fraction of sp³-hybridized carbons (Fsp3) is 0.462. The van der Waals surface area contributed by atoms with Crippen molar-refractivity contribution in [2.45, 2.75) is 31.7 Å². The van der Waals surface area contributed by atoms with Crippen LogP contribution in [0, 0.1) is 5.92 Å². The summed E-state index contributed by atoms with van der Waals surface area (Å²) in [6.07, 6.45) is 6.22. The average Bonchev–Trinajstić information content (AvgIpc) is 3.03. The molecular formula is C13H15NO. The van der Waals surface area contributed by atoms with E-state index in [0.29, 0.717) is 0 Å². The van der Waals surface area contributed by atoms with Crippen LogP contribution in [0.1, 0.15) is 24.8 Å². The predicted molar refractivity (Wildman–Crippen MR) is 59.4 cm³/mol. The van der Waals surface area contributed by atoms with Gasteiger partial charge in [0, 0.05) is 0 Å². The second-order valence-electron chi connectivity index (χ2n) is 4.24. The zero-order valence-electron chi connectivity index (χ0n) is 8.73. The molecule has 1 aliphatic rings. The molecule has 0 unspecified atom stereocenters. The molecule has 2 rings (SSSR count). The summed E-state index contributed by atoms with van der Waals surface area (Å²) in [5.41, 5.74) is 1.25. The molecule has 1 aliphatic carbocycles.